The van der Waals surface area contributed by atoms with Crippen molar-refractivity contribution in [1.29, 1.82) is 0 Å². The maximum atomic E-state index is 12.4. The Balaban J connectivity index is 2.34. The molecule has 0 aliphatic carbocycles. The number of amides is 1. The second-order valence-electron chi connectivity index (χ2n) is 5.13. The third-order valence-electron chi connectivity index (χ3n) is 4.01. The number of aliphatic hydroxyl groups is 2. The number of rotatable bonds is 7. The summed E-state index contributed by atoms with van der Waals surface area (Å²) in [4.78, 5) is 17.0. The molecular formula is C12H23N3O6. The van der Waals surface area contributed by atoms with Crippen LogP contribution in [0.2, 0.25) is 0 Å². The minimum absolute atomic E-state index is 0.131. The van der Waals surface area contributed by atoms with E-state index in [9.17, 15) is 15.0 Å². The molecule has 2 aliphatic rings. The molecule has 2 heterocycles. The second-order valence-corrected chi connectivity index (χ2v) is 5.13. The highest BCUT2D eigenvalue weighted by Crippen LogP contribution is 2.38. The fraction of sp³-hybridized carbons (Fsp3) is 0.917. The van der Waals surface area contributed by atoms with Crippen LogP contribution in [0.15, 0.2) is 0 Å². The molecule has 0 spiro atoms. The smallest absolute Gasteiger partial charge is 0.232 e. The molecule has 0 bridgehead atoms. The molecule has 2 rings (SSSR count). The lowest BCUT2D eigenvalue weighted by molar-refractivity contribution is -0.163. The second kappa shape index (κ2) is 6.97. The minimum Gasteiger partial charge on any atom is -0.384 e. The lowest BCUT2D eigenvalue weighted by Crippen LogP contribution is -2.49. The number of methoxy groups -OCH3 is 3. The van der Waals surface area contributed by atoms with Gasteiger partial charge < -0.3 is 29.3 Å². The van der Waals surface area contributed by atoms with Crippen molar-refractivity contribution in [2.45, 2.75) is 18.6 Å². The molecule has 4 unspecified atom stereocenters. The fourth-order valence-electron chi connectivity index (χ4n) is 3.24. The first-order valence-electron chi connectivity index (χ1n) is 6.70. The van der Waals surface area contributed by atoms with Crippen molar-refractivity contribution in [3.63, 3.8) is 0 Å². The molecule has 4 atom stereocenters. The van der Waals surface area contributed by atoms with Crippen LogP contribution in [0.25, 0.3) is 0 Å². The molecule has 9 heteroatoms. The van der Waals surface area contributed by atoms with Crippen LogP contribution in [-0.2, 0) is 19.0 Å². The summed E-state index contributed by atoms with van der Waals surface area (Å²) in [6.45, 7) is 0.0829. The number of carbonyl (C=O) groups excluding carboxylic acids is 1. The molecule has 2 aliphatic heterocycles. The molecule has 9 nitrogen and oxygen atoms in total. The monoisotopic (exact) mass is 305 g/mol. The van der Waals surface area contributed by atoms with E-state index in [1.807, 2.05) is 0 Å². The van der Waals surface area contributed by atoms with E-state index in [4.69, 9.17) is 14.2 Å². The number of ether oxygens (including phenoxy) is 3. The van der Waals surface area contributed by atoms with Crippen LogP contribution in [0.4, 0.5) is 0 Å². The zero-order valence-corrected chi connectivity index (χ0v) is 12.5. The molecular weight excluding hydrogens is 282 g/mol. The van der Waals surface area contributed by atoms with Crippen molar-refractivity contribution in [3.8, 4) is 0 Å². The molecule has 0 saturated carbocycles. The fourth-order valence-corrected chi connectivity index (χ4v) is 3.24. The van der Waals surface area contributed by atoms with E-state index < -0.39 is 25.2 Å². The van der Waals surface area contributed by atoms with Crippen LogP contribution in [-0.4, -0.2) is 97.5 Å². The normalized spacial score (nSPS) is 34.0. The maximum absolute atomic E-state index is 12.4. The Kier molecular flexibility index (Phi) is 5.49. The summed E-state index contributed by atoms with van der Waals surface area (Å²) in [5, 5.41) is 20.0. The topological polar surface area (TPSA) is 94.9 Å². The summed E-state index contributed by atoms with van der Waals surface area (Å²) >= 11 is 0. The van der Waals surface area contributed by atoms with Gasteiger partial charge in [-0.2, -0.15) is 0 Å². The Morgan fingerprint density at radius 2 is 1.71 bits per heavy atom. The van der Waals surface area contributed by atoms with Crippen LogP contribution < -0.4 is 0 Å². The predicted molar refractivity (Wildman–Crippen MR) is 70.3 cm³/mol. The molecule has 122 valence electrons. The molecule has 2 saturated heterocycles. The molecule has 0 radical (unpaired) electrons. The van der Waals surface area contributed by atoms with Gasteiger partial charge in [0.05, 0.1) is 18.6 Å². The van der Waals surface area contributed by atoms with Gasteiger partial charge in [-0.1, -0.05) is 0 Å². The Morgan fingerprint density at radius 1 is 1.10 bits per heavy atom. The number of likely N-dealkylation sites (tertiary alicyclic amines) is 1. The summed E-state index contributed by atoms with van der Waals surface area (Å²) in [6, 6.07) is -0.338. The SMILES string of the molecule is COCC1C(=O)N(CO)C2C1N(COC)C(O)N2COC. The Bertz CT molecular complexity index is 371. The van der Waals surface area contributed by atoms with Crippen LogP contribution in [0.3, 0.4) is 0 Å². The van der Waals surface area contributed by atoms with Gasteiger partial charge in [-0.05, 0) is 0 Å². The van der Waals surface area contributed by atoms with Gasteiger partial charge in [-0.25, -0.2) is 9.80 Å². The third-order valence-corrected chi connectivity index (χ3v) is 4.01. The highest BCUT2D eigenvalue weighted by atomic mass is 16.5. The third kappa shape index (κ3) is 2.66. The number of fused-ring (bicyclic) bond motifs is 1. The van der Waals surface area contributed by atoms with Crippen LogP contribution in [0, 0.1) is 5.92 Å². The first-order chi connectivity index (χ1) is 10.1. The standard InChI is InChI=1S/C12H23N3O6/c1-19-4-8-9-10(13(5-16)11(8)17)15(7-21-3)12(18)14(9)6-20-2/h8-10,12,16,18H,4-7H2,1-3H3. The van der Waals surface area contributed by atoms with Crippen molar-refractivity contribution in [2.24, 2.45) is 5.92 Å². The average Bonchev–Trinajstić information content (AvgIpc) is 2.88. The van der Waals surface area contributed by atoms with Gasteiger partial charge >= 0.3 is 0 Å². The van der Waals surface area contributed by atoms with Gasteiger partial charge in [0.2, 0.25) is 5.91 Å². The van der Waals surface area contributed by atoms with Crippen molar-refractivity contribution in [2.75, 3.05) is 48.1 Å². The number of carbonyl (C=O) groups is 1. The van der Waals surface area contributed by atoms with Gasteiger partial charge in [0, 0.05) is 21.3 Å². The summed E-state index contributed by atoms with van der Waals surface area (Å²) in [5.41, 5.74) is 0. The number of hydrogen-bond donors (Lipinski definition) is 2. The molecule has 2 fully saturated rings. The quantitative estimate of drug-likeness (QED) is 0.549. The Labute approximate surface area is 123 Å². The van der Waals surface area contributed by atoms with Crippen molar-refractivity contribution in [3.05, 3.63) is 0 Å². The average molecular weight is 305 g/mol. The minimum atomic E-state index is -0.957. The van der Waals surface area contributed by atoms with Crippen LogP contribution in [0.1, 0.15) is 0 Å². The molecule has 0 aromatic heterocycles. The zero-order chi connectivity index (χ0) is 15.6. The van der Waals surface area contributed by atoms with Gasteiger partial charge in [0.15, 0.2) is 6.35 Å². The summed E-state index contributed by atoms with van der Waals surface area (Å²) in [5.74, 6) is -0.678. The molecule has 21 heavy (non-hydrogen) atoms. The summed E-state index contributed by atoms with van der Waals surface area (Å²) in [7, 11) is 4.54. The Hall–Kier alpha value is -0.810. The van der Waals surface area contributed by atoms with Crippen molar-refractivity contribution < 1.29 is 29.2 Å². The zero-order valence-electron chi connectivity index (χ0n) is 12.5. The number of hydrogen-bond acceptors (Lipinski definition) is 8. The van der Waals surface area contributed by atoms with Crippen molar-refractivity contribution in [1.82, 2.24) is 14.7 Å². The lowest BCUT2D eigenvalue weighted by Gasteiger charge is -2.31. The van der Waals surface area contributed by atoms with E-state index >= 15 is 0 Å². The van der Waals surface area contributed by atoms with Crippen molar-refractivity contribution >= 4 is 5.91 Å². The van der Waals surface area contributed by atoms with Gasteiger partial charge in [0.1, 0.15) is 26.4 Å². The first-order valence-corrected chi connectivity index (χ1v) is 6.70. The molecule has 1 amide bonds. The van der Waals surface area contributed by atoms with Crippen LogP contribution >= 0.6 is 0 Å². The number of aliphatic hydroxyl groups excluding tert-OH is 2. The van der Waals surface area contributed by atoms with E-state index in [1.54, 1.807) is 9.80 Å². The Morgan fingerprint density at radius 3 is 2.24 bits per heavy atom. The molecule has 0 aromatic rings. The van der Waals surface area contributed by atoms with E-state index in [1.165, 1.54) is 26.2 Å². The molecule has 2 N–H and O–H groups in total. The highest BCUT2D eigenvalue weighted by molar-refractivity contribution is 5.83. The maximum Gasteiger partial charge on any atom is 0.232 e. The van der Waals surface area contributed by atoms with Crippen LogP contribution in [0.5, 0.6) is 0 Å². The largest absolute Gasteiger partial charge is 0.384 e. The highest BCUT2D eigenvalue weighted by Gasteiger charge is 2.60. The van der Waals surface area contributed by atoms with E-state index in [-0.39, 0.29) is 32.0 Å². The molecule has 0 aromatic carbocycles. The summed E-state index contributed by atoms with van der Waals surface area (Å²) in [6.07, 6.45) is -1.44. The van der Waals surface area contributed by atoms with Gasteiger partial charge in [-0.3, -0.25) is 4.79 Å². The van der Waals surface area contributed by atoms with Gasteiger partial charge in [0.25, 0.3) is 0 Å². The predicted octanol–water partition coefficient (Wildman–Crippen LogP) is -2.16. The lowest BCUT2D eigenvalue weighted by atomic mass is 10.0. The summed E-state index contributed by atoms with van der Waals surface area (Å²) < 4.78 is 15.4. The van der Waals surface area contributed by atoms with E-state index in [2.05, 4.69) is 0 Å². The van der Waals surface area contributed by atoms with Gasteiger partial charge in [-0.15, -0.1) is 0 Å². The first kappa shape index (κ1) is 16.6. The number of nitrogens with zero attached hydrogens (tertiary/aromatic N) is 3. The van der Waals surface area contributed by atoms with E-state index in [0.29, 0.717) is 0 Å². The van der Waals surface area contributed by atoms with E-state index in [0.717, 1.165) is 0 Å².